The van der Waals surface area contributed by atoms with Gasteiger partial charge in [0.15, 0.2) is 0 Å². The highest BCUT2D eigenvalue weighted by atomic mass is 32.2. The molecule has 1 unspecified atom stereocenters. The van der Waals surface area contributed by atoms with Crippen LogP contribution in [0.25, 0.3) is 0 Å². The van der Waals surface area contributed by atoms with Gasteiger partial charge in [0, 0.05) is 17.6 Å². The van der Waals surface area contributed by atoms with Crippen molar-refractivity contribution in [2.45, 2.75) is 17.2 Å². The quantitative estimate of drug-likeness (QED) is 0.918. The Morgan fingerprint density at radius 1 is 1.28 bits per heavy atom. The molecular weight excluding hydrogens is 251 g/mol. The van der Waals surface area contributed by atoms with Crippen molar-refractivity contribution in [3.8, 4) is 0 Å². The van der Waals surface area contributed by atoms with E-state index in [0.717, 1.165) is 11.3 Å². The van der Waals surface area contributed by atoms with Crippen LogP contribution in [0, 0.1) is 5.82 Å². The second-order valence-corrected chi connectivity index (χ2v) is 5.21. The van der Waals surface area contributed by atoms with Crippen LogP contribution >= 0.6 is 0 Å². The second-order valence-electron chi connectivity index (χ2n) is 3.76. The molecule has 3 nitrogen and oxygen atoms in total. The summed E-state index contributed by atoms with van der Waals surface area (Å²) in [5.74, 6) is -0.0878. The van der Waals surface area contributed by atoms with Gasteiger partial charge in [-0.2, -0.15) is 0 Å². The van der Waals surface area contributed by atoms with E-state index in [1.807, 2.05) is 6.07 Å². The third kappa shape index (κ3) is 3.00. The van der Waals surface area contributed by atoms with E-state index < -0.39 is 10.8 Å². The van der Waals surface area contributed by atoms with Crippen molar-refractivity contribution >= 4 is 10.8 Å². The molecule has 0 saturated carbocycles. The second kappa shape index (κ2) is 5.84. The number of nitrogens with zero attached hydrogens (tertiary/aromatic N) is 1. The summed E-state index contributed by atoms with van der Waals surface area (Å²) in [5, 5.41) is 0. The molecule has 1 aromatic carbocycles. The van der Waals surface area contributed by atoms with Gasteiger partial charge in [-0.25, -0.2) is 4.39 Å². The van der Waals surface area contributed by atoms with Crippen molar-refractivity contribution in [3.63, 3.8) is 0 Å². The smallest absolute Gasteiger partial charge is 0.124 e. The average molecular weight is 264 g/mol. The first-order valence-corrected chi connectivity index (χ1v) is 6.79. The fourth-order valence-corrected chi connectivity index (χ4v) is 2.81. The Kier molecular flexibility index (Phi) is 4.17. The zero-order chi connectivity index (χ0) is 13.0. The van der Waals surface area contributed by atoms with E-state index in [9.17, 15) is 8.60 Å². The number of hydrogen-bond acceptors (Lipinski definition) is 3. The van der Waals surface area contributed by atoms with Crippen LogP contribution in [0.3, 0.4) is 0 Å². The molecule has 2 N–H and O–H groups in total. The van der Waals surface area contributed by atoms with Gasteiger partial charge in [-0.1, -0.05) is 12.1 Å². The molecule has 0 spiro atoms. The maximum atomic E-state index is 13.0. The van der Waals surface area contributed by atoms with Crippen LogP contribution in [0.5, 0.6) is 0 Å². The highest BCUT2D eigenvalue weighted by molar-refractivity contribution is 7.84. The van der Waals surface area contributed by atoms with E-state index >= 15 is 0 Å². The van der Waals surface area contributed by atoms with Crippen LogP contribution in [0.2, 0.25) is 0 Å². The number of aromatic nitrogens is 1. The molecule has 0 bridgehead atoms. The summed E-state index contributed by atoms with van der Waals surface area (Å²) in [6, 6.07) is 9.43. The fourth-order valence-electron chi connectivity index (χ4n) is 1.62. The highest BCUT2D eigenvalue weighted by Crippen LogP contribution is 2.15. The van der Waals surface area contributed by atoms with Gasteiger partial charge in [0.05, 0.1) is 22.2 Å². The largest absolute Gasteiger partial charge is 0.325 e. The van der Waals surface area contributed by atoms with Gasteiger partial charge in [-0.05, 0) is 29.8 Å². The van der Waals surface area contributed by atoms with E-state index in [2.05, 4.69) is 4.98 Å². The maximum Gasteiger partial charge on any atom is 0.124 e. The van der Waals surface area contributed by atoms with Gasteiger partial charge in [-0.15, -0.1) is 0 Å². The molecule has 0 fully saturated rings. The van der Waals surface area contributed by atoms with Gasteiger partial charge >= 0.3 is 0 Å². The minimum atomic E-state index is -1.29. The SMILES string of the molecule is NCc1ncccc1CS(=O)c1cccc(F)c1. The lowest BCUT2D eigenvalue weighted by Crippen LogP contribution is -2.06. The Morgan fingerprint density at radius 2 is 2.11 bits per heavy atom. The summed E-state index contributed by atoms with van der Waals surface area (Å²) >= 11 is 0. The summed E-state index contributed by atoms with van der Waals surface area (Å²) in [6.45, 7) is 0.302. The Morgan fingerprint density at radius 3 is 2.83 bits per heavy atom. The minimum Gasteiger partial charge on any atom is -0.325 e. The Hall–Kier alpha value is -1.59. The lowest BCUT2D eigenvalue weighted by Gasteiger charge is -2.06. The summed E-state index contributed by atoms with van der Waals surface area (Å²) in [7, 11) is -1.29. The molecule has 1 aromatic heterocycles. The fraction of sp³-hybridized carbons (Fsp3) is 0.154. The molecule has 0 aliphatic rings. The molecular formula is C13H13FN2OS. The molecule has 0 amide bonds. The third-order valence-electron chi connectivity index (χ3n) is 2.52. The van der Waals surface area contributed by atoms with Crippen molar-refractivity contribution in [3.05, 3.63) is 59.7 Å². The van der Waals surface area contributed by atoms with Gasteiger partial charge in [-0.3, -0.25) is 9.19 Å². The summed E-state index contributed by atoms with van der Waals surface area (Å²) < 4.78 is 25.2. The van der Waals surface area contributed by atoms with E-state index in [1.54, 1.807) is 24.4 Å². The zero-order valence-corrected chi connectivity index (χ0v) is 10.5. The molecule has 0 radical (unpaired) electrons. The van der Waals surface area contributed by atoms with E-state index in [1.165, 1.54) is 12.1 Å². The van der Waals surface area contributed by atoms with Crippen LogP contribution in [-0.4, -0.2) is 9.19 Å². The van der Waals surface area contributed by atoms with Gasteiger partial charge in [0.1, 0.15) is 5.82 Å². The standard InChI is InChI=1S/C13H13FN2OS/c14-11-4-1-5-12(7-11)18(17)9-10-3-2-6-16-13(10)8-15/h1-7H,8-9,15H2. The molecule has 0 saturated heterocycles. The van der Waals surface area contributed by atoms with Crippen LogP contribution in [0.15, 0.2) is 47.5 Å². The lowest BCUT2D eigenvalue weighted by atomic mass is 10.2. The summed E-state index contributed by atoms with van der Waals surface area (Å²) in [4.78, 5) is 4.60. The molecule has 94 valence electrons. The molecule has 0 aliphatic carbocycles. The predicted octanol–water partition coefficient (Wildman–Crippen LogP) is 1.99. The van der Waals surface area contributed by atoms with E-state index in [0.29, 0.717) is 17.2 Å². The van der Waals surface area contributed by atoms with Crippen LogP contribution in [0.4, 0.5) is 4.39 Å². The monoisotopic (exact) mass is 264 g/mol. The molecule has 5 heteroatoms. The summed E-state index contributed by atoms with van der Waals surface area (Å²) in [6.07, 6.45) is 1.65. The predicted molar refractivity (Wildman–Crippen MR) is 68.6 cm³/mol. The first kappa shape index (κ1) is 12.9. The number of pyridine rings is 1. The summed E-state index contributed by atoms with van der Waals surface area (Å²) in [5.41, 5.74) is 7.13. The molecule has 18 heavy (non-hydrogen) atoms. The first-order chi connectivity index (χ1) is 8.70. The van der Waals surface area contributed by atoms with E-state index in [-0.39, 0.29) is 5.82 Å². The minimum absolute atomic E-state index is 0.295. The molecule has 1 heterocycles. The van der Waals surface area contributed by atoms with Crippen LogP contribution in [-0.2, 0) is 23.1 Å². The Balaban J connectivity index is 2.21. The van der Waals surface area contributed by atoms with Gasteiger partial charge < -0.3 is 5.73 Å². The third-order valence-corrected chi connectivity index (χ3v) is 3.88. The highest BCUT2D eigenvalue weighted by Gasteiger charge is 2.09. The number of hydrogen-bond donors (Lipinski definition) is 1. The number of nitrogens with two attached hydrogens (primary N) is 1. The zero-order valence-electron chi connectivity index (χ0n) is 9.67. The van der Waals surface area contributed by atoms with Crippen LogP contribution in [0.1, 0.15) is 11.3 Å². The number of halogens is 1. The topological polar surface area (TPSA) is 56.0 Å². The Labute approximate surface area is 107 Å². The number of rotatable bonds is 4. The van der Waals surface area contributed by atoms with Crippen LogP contribution < -0.4 is 5.73 Å². The van der Waals surface area contributed by atoms with E-state index in [4.69, 9.17) is 5.73 Å². The average Bonchev–Trinajstić information content (AvgIpc) is 2.39. The lowest BCUT2D eigenvalue weighted by molar-refractivity contribution is 0.622. The molecule has 2 rings (SSSR count). The molecule has 2 aromatic rings. The van der Waals surface area contributed by atoms with Crippen molar-refractivity contribution in [2.75, 3.05) is 0 Å². The van der Waals surface area contributed by atoms with Crippen molar-refractivity contribution in [1.82, 2.24) is 4.98 Å². The van der Waals surface area contributed by atoms with Crippen molar-refractivity contribution < 1.29 is 8.60 Å². The molecule has 0 aliphatic heterocycles. The van der Waals surface area contributed by atoms with Crippen molar-refractivity contribution in [1.29, 1.82) is 0 Å². The maximum absolute atomic E-state index is 13.0. The normalized spacial score (nSPS) is 12.3. The Bertz CT molecular complexity index is 574. The number of benzene rings is 1. The molecule has 1 atom stereocenters. The van der Waals surface area contributed by atoms with Gasteiger partial charge in [0.25, 0.3) is 0 Å². The van der Waals surface area contributed by atoms with Gasteiger partial charge in [0.2, 0.25) is 0 Å². The first-order valence-electron chi connectivity index (χ1n) is 5.47. The van der Waals surface area contributed by atoms with Crippen molar-refractivity contribution in [2.24, 2.45) is 5.73 Å².